The number of carbonyl (C=O) groups excluding carboxylic acids is 1. The first-order valence-electron chi connectivity index (χ1n) is 10.7. The Morgan fingerprint density at radius 2 is 1.83 bits per heavy atom. The number of piperidine rings is 1. The number of aromatic nitrogens is 3. The summed E-state index contributed by atoms with van der Waals surface area (Å²) in [6, 6.07) is 3.96. The number of nitrogens with zero attached hydrogens (tertiary/aromatic N) is 6. The molecule has 2 fully saturated rings. The van der Waals surface area contributed by atoms with Gasteiger partial charge >= 0.3 is 0 Å². The second-order valence-corrected chi connectivity index (χ2v) is 8.74. The summed E-state index contributed by atoms with van der Waals surface area (Å²) >= 11 is 1.57. The molecule has 2 aliphatic rings. The van der Waals surface area contributed by atoms with Crippen LogP contribution in [-0.2, 0) is 4.79 Å². The van der Waals surface area contributed by atoms with Gasteiger partial charge < -0.3 is 15.1 Å². The predicted molar refractivity (Wildman–Crippen MR) is 116 cm³/mol. The maximum Gasteiger partial charge on any atom is 0.224 e. The normalized spacial score (nSPS) is 21.4. The van der Waals surface area contributed by atoms with Gasteiger partial charge in [-0.2, -0.15) is 0 Å². The molecule has 0 aromatic carbocycles. The molecule has 4 rings (SSSR count). The van der Waals surface area contributed by atoms with Crippen LogP contribution in [0.25, 0.3) is 5.13 Å². The summed E-state index contributed by atoms with van der Waals surface area (Å²) in [6.07, 6.45) is 5.90. The number of rotatable bonds is 7. The van der Waals surface area contributed by atoms with Crippen LogP contribution in [0.2, 0.25) is 0 Å². The van der Waals surface area contributed by atoms with Crippen LogP contribution >= 0.6 is 11.3 Å². The fourth-order valence-electron chi connectivity index (χ4n) is 4.08. The van der Waals surface area contributed by atoms with Gasteiger partial charge in [0.1, 0.15) is 0 Å². The molecule has 0 spiro atoms. The molecule has 9 heteroatoms. The molecule has 0 saturated carbocycles. The summed E-state index contributed by atoms with van der Waals surface area (Å²) in [5.74, 6) is 0.205. The van der Waals surface area contributed by atoms with E-state index in [9.17, 15) is 4.79 Å². The fourth-order valence-corrected chi connectivity index (χ4v) is 4.93. The topological polar surface area (TPSA) is 69.5 Å². The Morgan fingerprint density at radius 1 is 1.10 bits per heavy atom. The lowest BCUT2D eigenvalue weighted by Gasteiger charge is -2.34. The van der Waals surface area contributed by atoms with Gasteiger partial charge in [-0.05, 0) is 31.5 Å². The first-order chi connectivity index (χ1) is 14.2. The van der Waals surface area contributed by atoms with Gasteiger partial charge in [0.25, 0.3) is 0 Å². The van der Waals surface area contributed by atoms with Gasteiger partial charge in [0, 0.05) is 64.8 Å². The Balaban J connectivity index is 1.23. The molecule has 2 aromatic rings. The first-order valence-corrected chi connectivity index (χ1v) is 11.5. The molecular formula is C20H31N7OS. The smallest absolute Gasteiger partial charge is 0.224 e. The van der Waals surface area contributed by atoms with Crippen LogP contribution in [0, 0.1) is 5.92 Å². The van der Waals surface area contributed by atoms with Crippen LogP contribution in [0.15, 0.2) is 24.5 Å². The second kappa shape index (κ2) is 9.69. The summed E-state index contributed by atoms with van der Waals surface area (Å²) in [5.41, 5.74) is 0. The molecule has 1 atom stereocenters. The van der Waals surface area contributed by atoms with Crippen molar-refractivity contribution in [3.8, 4) is 5.13 Å². The van der Waals surface area contributed by atoms with E-state index in [1.54, 1.807) is 11.3 Å². The number of anilines is 1. The van der Waals surface area contributed by atoms with E-state index in [0.29, 0.717) is 0 Å². The molecule has 0 aliphatic carbocycles. The molecule has 1 amide bonds. The number of carbonyl (C=O) groups is 1. The Hall–Kier alpha value is -1.97. The lowest BCUT2D eigenvalue weighted by atomic mass is 9.97. The maximum absolute atomic E-state index is 12.7. The molecular weight excluding hydrogens is 386 g/mol. The molecule has 8 nitrogen and oxygen atoms in total. The highest BCUT2D eigenvalue weighted by molar-refractivity contribution is 7.17. The lowest BCUT2D eigenvalue weighted by molar-refractivity contribution is -0.125. The van der Waals surface area contributed by atoms with Gasteiger partial charge in [-0.1, -0.05) is 18.3 Å². The zero-order valence-electron chi connectivity index (χ0n) is 17.2. The van der Waals surface area contributed by atoms with E-state index in [-0.39, 0.29) is 11.8 Å². The fraction of sp³-hybridized carbons (Fsp3) is 0.650. The SMILES string of the molecule is CCN1CCN(CCNC(=O)C2CCCN(c3nnc(-n4cccc4)s3)C2)CC1. The lowest BCUT2D eigenvalue weighted by Crippen LogP contribution is -2.49. The van der Waals surface area contributed by atoms with Gasteiger partial charge in [0.15, 0.2) is 0 Å². The first kappa shape index (κ1) is 20.3. The molecule has 2 aromatic heterocycles. The monoisotopic (exact) mass is 417 g/mol. The summed E-state index contributed by atoms with van der Waals surface area (Å²) in [7, 11) is 0. The third-order valence-electron chi connectivity index (χ3n) is 5.93. The van der Waals surface area contributed by atoms with Crippen molar-refractivity contribution < 1.29 is 4.79 Å². The van der Waals surface area contributed by atoms with Gasteiger partial charge in [0.2, 0.25) is 16.2 Å². The van der Waals surface area contributed by atoms with Crippen LogP contribution in [0.1, 0.15) is 19.8 Å². The van der Waals surface area contributed by atoms with Crippen molar-refractivity contribution in [2.24, 2.45) is 5.92 Å². The van der Waals surface area contributed by atoms with Crippen molar-refractivity contribution in [3.63, 3.8) is 0 Å². The van der Waals surface area contributed by atoms with Crippen LogP contribution in [0.4, 0.5) is 5.13 Å². The van der Waals surface area contributed by atoms with E-state index in [4.69, 9.17) is 0 Å². The van der Waals surface area contributed by atoms with Crippen molar-refractivity contribution in [2.75, 3.05) is 63.8 Å². The van der Waals surface area contributed by atoms with Gasteiger partial charge in [-0.3, -0.25) is 14.3 Å². The van der Waals surface area contributed by atoms with Crippen LogP contribution in [0.3, 0.4) is 0 Å². The molecule has 4 heterocycles. The van der Waals surface area contributed by atoms with E-state index in [0.717, 1.165) is 82.0 Å². The van der Waals surface area contributed by atoms with E-state index in [2.05, 4.69) is 37.1 Å². The molecule has 0 bridgehead atoms. The average molecular weight is 418 g/mol. The van der Waals surface area contributed by atoms with Gasteiger partial charge in [0.05, 0.1) is 5.92 Å². The van der Waals surface area contributed by atoms with E-state index in [1.165, 1.54) is 0 Å². The number of hydrogen-bond acceptors (Lipinski definition) is 7. The highest BCUT2D eigenvalue weighted by Gasteiger charge is 2.27. The largest absolute Gasteiger partial charge is 0.355 e. The van der Waals surface area contributed by atoms with Gasteiger partial charge in [-0.25, -0.2) is 0 Å². The molecule has 0 radical (unpaired) electrons. The zero-order chi connectivity index (χ0) is 20.1. The Bertz CT molecular complexity index is 770. The van der Waals surface area contributed by atoms with E-state index in [1.807, 2.05) is 29.1 Å². The molecule has 158 valence electrons. The highest BCUT2D eigenvalue weighted by atomic mass is 32.1. The summed E-state index contributed by atoms with van der Waals surface area (Å²) < 4.78 is 1.97. The minimum Gasteiger partial charge on any atom is -0.355 e. The van der Waals surface area contributed by atoms with E-state index < -0.39 is 0 Å². The van der Waals surface area contributed by atoms with Crippen molar-refractivity contribution >= 4 is 22.4 Å². The van der Waals surface area contributed by atoms with E-state index >= 15 is 0 Å². The number of hydrogen-bond donors (Lipinski definition) is 1. The number of piperazine rings is 1. The number of likely N-dealkylation sites (N-methyl/N-ethyl adjacent to an activating group) is 1. The summed E-state index contributed by atoms with van der Waals surface area (Å²) in [4.78, 5) is 19.8. The van der Waals surface area contributed by atoms with Crippen LogP contribution in [0.5, 0.6) is 0 Å². The molecule has 2 aliphatic heterocycles. The maximum atomic E-state index is 12.7. The molecule has 1 unspecified atom stereocenters. The Kier molecular flexibility index (Phi) is 6.78. The van der Waals surface area contributed by atoms with Crippen LogP contribution in [-0.4, -0.2) is 89.4 Å². The molecule has 1 N–H and O–H groups in total. The molecule has 29 heavy (non-hydrogen) atoms. The van der Waals surface area contributed by atoms with Crippen molar-refractivity contribution in [1.29, 1.82) is 0 Å². The van der Waals surface area contributed by atoms with Gasteiger partial charge in [-0.15, -0.1) is 10.2 Å². The third kappa shape index (κ3) is 5.15. The average Bonchev–Trinajstić information content (AvgIpc) is 3.46. The summed E-state index contributed by atoms with van der Waals surface area (Å²) in [5, 5.41) is 13.6. The van der Waals surface area contributed by atoms with Crippen molar-refractivity contribution in [1.82, 2.24) is 29.9 Å². The van der Waals surface area contributed by atoms with Crippen LogP contribution < -0.4 is 10.2 Å². The number of nitrogens with one attached hydrogen (secondary N) is 1. The zero-order valence-corrected chi connectivity index (χ0v) is 18.0. The standard InChI is InChI=1S/C20H31N7OS/c1-2-24-12-14-25(15-13-24)11-7-21-18(28)17-6-5-10-27(16-17)20-23-22-19(29-20)26-8-3-4-9-26/h3-4,8-9,17H,2,5-7,10-16H2,1H3,(H,21,28). The highest BCUT2D eigenvalue weighted by Crippen LogP contribution is 2.27. The number of amides is 1. The second-order valence-electron chi connectivity index (χ2n) is 7.81. The Morgan fingerprint density at radius 3 is 2.59 bits per heavy atom. The Labute approximate surface area is 176 Å². The third-order valence-corrected chi connectivity index (χ3v) is 6.93. The quantitative estimate of drug-likeness (QED) is 0.732. The van der Waals surface area contributed by atoms with Crippen molar-refractivity contribution in [3.05, 3.63) is 24.5 Å². The summed E-state index contributed by atoms with van der Waals surface area (Å²) in [6.45, 7) is 11.1. The predicted octanol–water partition coefficient (Wildman–Crippen LogP) is 1.30. The van der Waals surface area contributed by atoms with Crippen molar-refractivity contribution in [2.45, 2.75) is 19.8 Å². The molecule has 2 saturated heterocycles. The minimum atomic E-state index is 0.0274. The minimum absolute atomic E-state index is 0.0274.